The molecule has 2 heterocycles. The Balaban J connectivity index is 1.78. The Morgan fingerprint density at radius 2 is 1.86 bits per heavy atom. The van der Waals surface area contributed by atoms with E-state index in [0.29, 0.717) is 27.6 Å². The number of aliphatic hydroxyl groups is 1. The maximum Gasteiger partial charge on any atom is 0.310 e. The smallest absolute Gasteiger partial charge is 0.310 e. The maximum absolute atomic E-state index is 13.3. The van der Waals surface area contributed by atoms with Crippen LogP contribution in [-0.2, 0) is 25.5 Å². The number of carbonyl (C=O) groups is 3. The molecule has 0 radical (unpaired) electrons. The fourth-order valence-corrected chi connectivity index (χ4v) is 4.35. The number of aliphatic hydroxyl groups excluding tert-OH is 1. The van der Waals surface area contributed by atoms with E-state index in [-0.39, 0.29) is 35.4 Å². The van der Waals surface area contributed by atoms with Crippen molar-refractivity contribution < 1.29 is 29.0 Å². The van der Waals surface area contributed by atoms with Crippen molar-refractivity contribution in [1.29, 1.82) is 0 Å². The number of benzene rings is 2. The van der Waals surface area contributed by atoms with Gasteiger partial charge in [-0.05, 0) is 61.4 Å². The lowest BCUT2D eigenvalue weighted by molar-refractivity contribution is -0.146. The minimum absolute atomic E-state index is 0.0711. The predicted octanol–water partition coefficient (Wildman–Crippen LogP) is 4.86. The van der Waals surface area contributed by atoms with Gasteiger partial charge in [0, 0.05) is 23.6 Å². The second-order valence-electron chi connectivity index (χ2n) is 8.69. The van der Waals surface area contributed by atoms with Crippen molar-refractivity contribution in [3.05, 3.63) is 94.3 Å². The zero-order valence-corrected chi connectivity index (χ0v) is 21.2. The molecule has 0 spiro atoms. The molecule has 1 saturated heterocycles. The highest BCUT2D eigenvalue weighted by Crippen LogP contribution is 2.42. The molecule has 0 aliphatic carbocycles. The monoisotopic (exact) mass is 520 g/mol. The number of anilines is 1. The summed E-state index contributed by atoms with van der Waals surface area (Å²) in [6, 6.07) is 13.7. The highest BCUT2D eigenvalue weighted by atomic mass is 35.5. The van der Waals surface area contributed by atoms with Gasteiger partial charge >= 0.3 is 5.97 Å². The minimum atomic E-state index is -0.938. The molecule has 37 heavy (non-hydrogen) atoms. The first-order valence-corrected chi connectivity index (χ1v) is 11.9. The molecule has 4 rings (SSSR count). The molecule has 1 aromatic heterocycles. The van der Waals surface area contributed by atoms with Crippen LogP contribution in [0.5, 0.6) is 5.75 Å². The molecule has 1 amide bonds. The number of pyridine rings is 1. The van der Waals surface area contributed by atoms with Crippen LogP contribution in [0.1, 0.15) is 36.6 Å². The van der Waals surface area contributed by atoms with E-state index in [1.54, 1.807) is 62.5 Å². The highest BCUT2D eigenvalue weighted by molar-refractivity contribution is 6.51. The fraction of sp³-hybridized carbons (Fsp3) is 0.214. The van der Waals surface area contributed by atoms with E-state index in [4.69, 9.17) is 21.1 Å². The number of ketones is 1. The lowest BCUT2D eigenvalue weighted by Crippen LogP contribution is -2.29. The summed E-state index contributed by atoms with van der Waals surface area (Å²) in [5.74, 6) is -2.06. The standard InChI is InChI=1S/C28H25ClN2O6/c1-16(2)37-23(32)13-17-6-9-20(10-7-17)31-25(19-5-4-12-30-15-19)24(27(34)28(31)35)26(33)18-8-11-21(29)22(14-18)36-3/h4-12,14-16,25,33H,13H2,1-3H3/b26-24-. The first-order chi connectivity index (χ1) is 17.7. The van der Waals surface area contributed by atoms with E-state index in [1.165, 1.54) is 30.3 Å². The summed E-state index contributed by atoms with van der Waals surface area (Å²) in [6.45, 7) is 3.55. The van der Waals surface area contributed by atoms with Crippen LogP contribution in [-0.4, -0.2) is 41.0 Å². The van der Waals surface area contributed by atoms with Gasteiger partial charge in [0.25, 0.3) is 11.7 Å². The first kappa shape index (κ1) is 25.9. The summed E-state index contributed by atoms with van der Waals surface area (Å²) in [5.41, 5.74) is 1.83. The fourth-order valence-electron chi connectivity index (χ4n) is 4.16. The van der Waals surface area contributed by atoms with Crippen LogP contribution in [0, 0.1) is 0 Å². The molecule has 1 N–H and O–H groups in total. The molecule has 1 aliphatic rings. The summed E-state index contributed by atoms with van der Waals surface area (Å²) in [7, 11) is 1.44. The van der Waals surface area contributed by atoms with Crippen molar-refractivity contribution in [3.8, 4) is 5.75 Å². The highest BCUT2D eigenvalue weighted by Gasteiger charge is 2.47. The average Bonchev–Trinajstić information content (AvgIpc) is 3.14. The van der Waals surface area contributed by atoms with Gasteiger partial charge in [-0.2, -0.15) is 0 Å². The number of nitrogens with zero attached hydrogens (tertiary/aromatic N) is 2. The van der Waals surface area contributed by atoms with Gasteiger partial charge in [0.05, 0.1) is 36.3 Å². The quantitative estimate of drug-likeness (QED) is 0.205. The number of rotatable bonds is 7. The third-order valence-corrected chi connectivity index (χ3v) is 6.11. The summed E-state index contributed by atoms with van der Waals surface area (Å²) < 4.78 is 10.4. The Morgan fingerprint density at radius 3 is 2.49 bits per heavy atom. The largest absolute Gasteiger partial charge is 0.507 e. The number of aromatic nitrogens is 1. The number of carbonyl (C=O) groups excluding carboxylic acids is 3. The third-order valence-electron chi connectivity index (χ3n) is 5.80. The first-order valence-electron chi connectivity index (χ1n) is 11.5. The molecule has 0 bridgehead atoms. The van der Waals surface area contributed by atoms with Crippen molar-refractivity contribution in [1.82, 2.24) is 4.98 Å². The second kappa shape index (κ2) is 10.8. The summed E-state index contributed by atoms with van der Waals surface area (Å²) >= 11 is 6.12. The molecule has 2 aromatic carbocycles. The van der Waals surface area contributed by atoms with Gasteiger partial charge in [-0.1, -0.05) is 29.8 Å². The Kier molecular flexibility index (Phi) is 7.59. The van der Waals surface area contributed by atoms with E-state index < -0.39 is 17.7 Å². The number of hydrogen-bond donors (Lipinski definition) is 1. The molecular weight excluding hydrogens is 496 g/mol. The van der Waals surface area contributed by atoms with Crippen molar-refractivity contribution in [3.63, 3.8) is 0 Å². The number of Topliss-reactive ketones (excluding diaryl/α,β-unsaturated/α-hetero) is 1. The van der Waals surface area contributed by atoms with Gasteiger partial charge in [0.1, 0.15) is 11.5 Å². The van der Waals surface area contributed by atoms with Crippen LogP contribution >= 0.6 is 11.6 Å². The van der Waals surface area contributed by atoms with Crippen molar-refractivity contribution >= 4 is 40.7 Å². The normalized spacial score (nSPS) is 16.8. The number of halogens is 1. The van der Waals surface area contributed by atoms with Crippen LogP contribution in [0.15, 0.2) is 72.6 Å². The number of hydrogen-bond acceptors (Lipinski definition) is 7. The average molecular weight is 521 g/mol. The zero-order valence-electron chi connectivity index (χ0n) is 20.5. The Hall–Kier alpha value is -4.17. The van der Waals surface area contributed by atoms with Crippen molar-refractivity contribution in [2.45, 2.75) is 32.4 Å². The van der Waals surface area contributed by atoms with Crippen molar-refractivity contribution in [2.75, 3.05) is 12.0 Å². The van der Waals surface area contributed by atoms with Crippen LogP contribution in [0.3, 0.4) is 0 Å². The Bertz CT molecular complexity index is 1370. The summed E-state index contributed by atoms with van der Waals surface area (Å²) in [5, 5.41) is 11.6. The van der Waals surface area contributed by atoms with E-state index in [0.717, 1.165) is 0 Å². The maximum atomic E-state index is 13.3. The van der Waals surface area contributed by atoms with Crippen LogP contribution in [0.4, 0.5) is 5.69 Å². The van der Waals surface area contributed by atoms with E-state index >= 15 is 0 Å². The lowest BCUT2D eigenvalue weighted by atomic mass is 9.96. The summed E-state index contributed by atoms with van der Waals surface area (Å²) in [4.78, 5) is 44.0. The molecule has 190 valence electrons. The van der Waals surface area contributed by atoms with Crippen LogP contribution in [0.2, 0.25) is 5.02 Å². The molecule has 1 aliphatic heterocycles. The number of ether oxygens (including phenoxy) is 2. The van der Waals surface area contributed by atoms with E-state index in [1.807, 2.05) is 0 Å². The molecule has 0 saturated carbocycles. The number of methoxy groups -OCH3 is 1. The van der Waals surface area contributed by atoms with Gasteiger partial charge in [-0.15, -0.1) is 0 Å². The van der Waals surface area contributed by atoms with Gasteiger partial charge in [-0.25, -0.2) is 0 Å². The third kappa shape index (κ3) is 5.34. The second-order valence-corrected chi connectivity index (χ2v) is 9.09. The van der Waals surface area contributed by atoms with Crippen LogP contribution < -0.4 is 9.64 Å². The molecule has 3 aromatic rings. The van der Waals surface area contributed by atoms with E-state index in [2.05, 4.69) is 4.98 Å². The Labute approximate surface area is 219 Å². The van der Waals surface area contributed by atoms with Gasteiger partial charge in [-0.3, -0.25) is 24.3 Å². The molecule has 1 fully saturated rings. The Morgan fingerprint density at radius 1 is 1.14 bits per heavy atom. The minimum Gasteiger partial charge on any atom is -0.507 e. The number of amides is 1. The molecular formula is C28H25ClN2O6. The van der Waals surface area contributed by atoms with E-state index in [9.17, 15) is 19.5 Å². The zero-order chi connectivity index (χ0) is 26.7. The molecule has 1 atom stereocenters. The topological polar surface area (TPSA) is 106 Å². The predicted molar refractivity (Wildman–Crippen MR) is 138 cm³/mol. The van der Waals surface area contributed by atoms with Gasteiger partial charge in [0.15, 0.2) is 0 Å². The molecule has 9 heteroatoms. The molecule has 1 unspecified atom stereocenters. The summed E-state index contributed by atoms with van der Waals surface area (Å²) in [6.07, 6.45) is 2.96. The number of esters is 1. The van der Waals surface area contributed by atoms with Gasteiger partial charge in [0.2, 0.25) is 0 Å². The lowest BCUT2D eigenvalue weighted by Gasteiger charge is -2.25. The molecule has 8 nitrogen and oxygen atoms in total. The van der Waals surface area contributed by atoms with Crippen LogP contribution in [0.25, 0.3) is 5.76 Å². The SMILES string of the molecule is COc1cc(/C(O)=C2/C(=O)C(=O)N(c3ccc(CC(=O)OC(C)C)cc3)C2c2cccnc2)ccc1Cl. The van der Waals surface area contributed by atoms with Crippen molar-refractivity contribution in [2.24, 2.45) is 0 Å². The van der Waals surface area contributed by atoms with Gasteiger partial charge < -0.3 is 14.6 Å².